The molecule has 0 saturated carbocycles. The largest absolute Gasteiger partial charge is 0.472 e. The van der Waals surface area contributed by atoms with Crippen LogP contribution in [0.4, 0.5) is 0 Å². The second-order valence-electron chi connectivity index (χ2n) is 16.3. The fourth-order valence-corrected chi connectivity index (χ4v) is 6.56. The van der Waals surface area contributed by atoms with E-state index < -0.39 is 26.5 Å². The third-order valence-corrected chi connectivity index (χ3v) is 10.4. The Morgan fingerprint density at radius 3 is 1.73 bits per heavy atom. The summed E-state index contributed by atoms with van der Waals surface area (Å²) in [6.07, 6.45) is 41.1. The predicted molar refractivity (Wildman–Crippen MR) is 233 cm³/mol. The van der Waals surface area contributed by atoms with Crippen LogP contribution >= 0.6 is 7.82 Å². The molecule has 10 heteroatoms. The van der Waals surface area contributed by atoms with E-state index in [9.17, 15) is 19.0 Å². The van der Waals surface area contributed by atoms with E-state index in [1.807, 2.05) is 21.1 Å². The fraction of sp³-hybridized carbons (Fsp3) is 0.783. The van der Waals surface area contributed by atoms with Gasteiger partial charge >= 0.3 is 19.8 Å². The van der Waals surface area contributed by atoms with Gasteiger partial charge in [-0.15, -0.1) is 0 Å². The van der Waals surface area contributed by atoms with Gasteiger partial charge in [0.1, 0.15) is 19.8 Å². The summed E-state index contributed by atoms with van der Waals surface area (Å²) in [7, 11) is 1.44. The lowest BCUT2D eigenvalue weighted by Crippen LogP contribution is -2.37. The van der Waals surface area contributed by atoms with Crippen molar-refractivity contribution in [3.05, 3.63) is 48.1 Å². The summed E-state index contributed by atoms with van der Waals surface area (Å²) in [6, 6.07) is 0. The first-order chi connectivity index (χ1) is 26.9. The predicted octanol–water partition coefficient (Wildman–Crippen LogP) is 12.7. The molecule has 0 aromatic carbocycles. The molecule has 0 aromatic rings. The first-order valence-corrected chi connectivity index (χ1v) is 23.8. The molecule has 9 nitrogen and oxygen atoms in total. The standard InChI is InChI=1S/C46H84NO8P/c1-7-9-11-13-15-16-17-18-19-20-21-22-25-29-33-37-45(48)52-41-44(42-54-56(50,51)53-40-39-47(4,5)6)55-46(49)38-34-30-26-23-24-28-32-36-43(3)35-31-27-14-12-10-8-2/h14,23,26-28,32,35,44H,7-13,15-22,24-25,29-31,33-34,36-42H2,1-6H3/p+1/b26-23-,27-14-,32-28-,43-35-/t44-/m1/s1. The van der Waals surface area contributed by atoms with Gasteiger partial charge in [0.25, 0.3) is 0 Å². The molecule has 0 heterocycles. The summed E-state index contributed by atoms with van der Waals surface area (Å²) in [4.78, 5) is 35.4. The highest BCUT2D eigenvalue weighted by molar-refractivity contribution is 7.47. The smallest absolute Gasteiger partial charge is 0.462 e. The number of hydrogen-bond acceptors (Lipinski definition) is 7. The van der Waals surface area contributed by atoms with Gasteiger partial charge in [-0.2, -0.15) is 0 Å². The van der Waals surface area contributed by atoms with Crippen LogP contribution in [0.25, 0.3) is 0 Å². The zero-order valence-corrected chi connectivity index (χ0v) is 37.7. The molecular weight excluding hydrogens is 725 g/mol. The minimum Gasteiger partial charge on any atom is -0.462 e. The van der Waals surface area contributed by atoms with E-state index in [2.05, 4.69) is 63.3 Å². The Bertz CT molecular complexity index is 1130. The van der Waals surface area contributed by atoms with Gasteiger partial charge in [-0.05, 0) is 51.9 Å². The molecule has 0 fully saturated rings. The number of likely N-dealkylation sites (N-methyl/N-ethyl adjacent to an activating group) is 1. The quantitative estimate of drug-likeness (QED) is 0.0215. The van der Waals surface area contributed by atoms with E-state index >= 15 is 0 Å². The van der Waals surface area contributed by atoms with Crippen molar-refractivity contribution in [3.8, 4) is 0 Å². The summed E-state index contributed by atoms with van der Waals surface area (Å²) in [5.41, 5.74) is 1.36. The lowest BCUT2D eigenvalue weighted by Gasteiger charge is -2.24. The van der Waals surface area contributed by atoms with Crippen molar-refractivity contribution in [2.24, 2.45) is 0 Å². The molecule has 0 saturated heterocycles. The van der Waals surface area contributed by atoms with E-state index in [0.717, 1.165) is 44.9 Å². The number of carbonyl (C=O) groups is 2. The molecule has 0 aromatic heterocycles. The third-order valence-electron chi connectivity index (χ3n) is 9.44. The topological polar surface area (TPSA) is 108 Å². The number of phosphoric acid groups is 1. The van der Waals surface area contributed by atoms with Crippen LogP contribution in [0.15, 0.2) is 48.1 Å². The van der Waals surface area contributed by atoms with Gasteiger partial charge in [0.05, 0.1) is 27.7 Å². The van der Waals surface area contributed by atoms with Crippen molar-refractivity contribution >= 4 is 19.8 Å². The number of rotatable bonds is 39. The second kappa shape index (κ2) is 37.3. The van der Waals surface area contributed by atoms with Gasteiger partial charge < -0.3 is 18.9 Å². The maximum Gasteiger partial charge on any atom is 0.472 e. The number of esters is 2. The van der Waals surface area contributed by atoms with Crippen LogP contribution in [0.3, 0.4) is 0 Å². The Balaban J connectivity index is 4.51. The van der Waals surface area contributed by atoms with Crippen LogP contribution in [0.1, 0.15) is 181 Å². The molecule has 0 aliphatic rings. The molecule has 0 bridgehead atoms. The molecule has 2 atom stereocenters. The second-order valence-corrected chi connectivity index (χ2v) is 17.7. The van der Waals surface area contributed by atoms with Crippen molar-refractivity contribution < 1.29 is 42.1 Å². The SMILES string of the molecule is CCCC/C=C\C/C=C(/C)C/C=C\C/C=C\CCCC(=O)O[C@H](COC(=O)CCCCCCCCCCCCCCCCC)COP(=O)(O)OCC[N+](C)(C)C. The fourth-order valence-electron chi connectivity index (χ4n) is 5.82. The van der Waals surface area contributed by atoms with Crippen molar-refractivity contribution in [2.45, 2.75) is 187 Å². The highest BCUT2D eigenvalue weighted by atomic mass is 31.2. The number of unbranched alkanes of at least 4 members (excludes halogenated alkanes) is 17. The van der Waals surface area contributed by atoms with E-state index in [-0.39, 0.29) is 32.0 Å². The maximum atomic E-state index is 12.7. The Hall–Kier alpha value is -2.03. The maximum absolute atomic E-state index is 12.7. The van der Waals surface area contributed by atoms with Crippen LogP contribution in [-0.2, 0) is 32.7 Å². The summed E-state index contributed by atoms with van der Waals surface area (Å²) >= 11 is 0. The number of allylic oxidation sites excluding steroid dienone is 8. The van der Waals surface area contributed by atoms with E-state index in [1.54, 1.807) is 0 Å². The summed E-state index contributed by atoms with van der Waals surface area (Å²) in [6.45, 7) is 6.48. The molecule has 326 valence electrons. The molecule has 0 aliphatic carbocycles. The number of carbonyl (C=O) groups excluding carboxylic acids is 2. The van der Waals surface area contributed by atoms with Gasteiger partial charge in [-0.3, -0.25) is 18.6 Å². The van der Waals surface area contributed by atoms with Gasteiger partial charge in [-0.25, -0.2) is 4.57 Å². The summed E-state index contributed by atoms with van der Waals surface area (Å²) < 4.78 is 34.3. The van der Waals surface area contributed by atoms with E-state index in [4.69, 9.17) is 18.5 Å². The van der Waals surface area contributed by atoms with Crippen LogP contribution in [0.2, 0.25) is 0 Å². The number of phosphoric ester groups is 1. The van der Waals surface area contributed by atoms with Crippen molar-refractivity contribution in [1.82, 2.24) is 0 Å². The van der Waals surface area contributed by atoms with Crippen molar-refractivity contribution in [1.29, 1.82) is 0 Å². The monoisotopic (exact) mass is 811 g/mol. The molecule has 0 amide bonds. The zero-order valence-electron chi connectivity index (χ0n) is 36.8. The number of nitrogens with zero attached hydrogens (tertiary/aromatic N) is 1. The normalized spacial score (nSPS) is 14.2. The third kappa shape index (κ3) is 40.2. The van der Waals surface area contributed by atoms with Crippen molar-refractivity contribution in [3.63, 3.8) is 0 Å². The molecule has 56 heavy (non-hydrogen) atoms. The Morgan fingerprint density at radius 2 is 1.14 bits per heavy atom. The molecule has 0 aliphatic heterocycles. The molecular formula is C46H85NO8P+. The molecule has 1 N–H and O–H groups in total. The summed E-state index contributed by atoms with van der Waals surface area (Å²) in [5, 5.41) is 0. The van der Waals surface area contributed by atoms with Gasteiger partial charge in [-0.1, -0.05) is 165 Å². The average Bonchev–Trinajstić information content (AvgIpc) is 3.14. The molecule has 1 unspecified atom stereocenters. The van der Waals surface area contributed by atoms with Crippen LogP contribution < -0.4 is 0 Å². The van der Waals surface area contributed by atoms with Crippen LogP contribution in [0.5, 0.6) is 0 Å². The highest BCUT2D eigenvalue weighted by Crippen LogP contribution is 2.43. The average molecular weight is 811 g/mol. The van der Waals surface area contributed by atoms with Gasteiger partial charge in [0.2, 0.25) is 0 Å². The minimum absolute atomic E-state index is 0.0209. The Labute approximate surface area is 343 Å². The number of ether oxygens (including phenoxy) is 2. The highest BCUT2D eigenvalue weighted by Gasteiger charge is 2.27. The van der Waals surface area contributed by atoms with Crippen molar-refractivity contribution in [2.75, 3.05) is 47.5 Å². The summed E-state index contributed by atoms with van der Waals surface area (Å²) in [5.74, 6) is -0.862. The van der Waals surface area contributed by atoms with Crippen LogP contribution in [0, 0.1) is 0 Å². The van der Waals surface area contributed by atoms with E-state index in [1.165, 1.54) is 95.5 Å². The van der Waals surface area contributed by atoms with Gasteiger partial charge in [0.15, 0.2) is 6.10 Å². The van der Waals surface area contributed by atoms with Crippen LogP contribution in [-0.4, -0.2) is 74.9 Å². The van der Waals surface area contributed by atoms with Gasteiger partial charge in [0, 0.05) is 12.8 Å². The first-order valence-electron chi connectivity index (χ1n) is 22.3. The zero-order chi connectivity index (χ0) is 41.6. The molecule has 0 spiro atoms. The molecule has 0 rings (SSSR count). The Morgan fingerprint density at radius 1 is 0.625 bits per heavy atom. The lowest BCUT2D eigenvalue weighted by molar-refractivity contribution is -0.870. The minimum atomic E-state index is -4.39. The lowest BCUT2D eigenvalue weighted by atomic mass is 10.0. The number of hydrogen-bond donors (Lipinski definition) is 1. The Kier molecular flexibility index (Phi) is 35.9. The molecule has 0 radical (unpaired) electrons. The van der Waals surface area contributed by atoms with E-state index in [0.29, 0.717) is 23.9 Å². The number of quaternary nitrogens is 1. The first kappa shape index (κ1) is 54.0.